The molecule has 0 fully saturated rings. The van der Waals surface area contributed by atoms with Crippen LogP contribution in [-0.2, 0) is 9.47 Å². The summed E-state index contributed by atoms with van der Waals surface area (Å²) in [6.45, 7) is 5.08. The largest absolute Gasteiger partial charge is 0.363 e. The van der Waals surface area contributed by atoms with E-state index in [4.69, 9.17) is 9.47 Å². The minimum absolute atomic E-state index is 0.386. The second-order valence-corrected chi connectivity index (χ2v) is 4.64. The molecule has 0 amide bonds. The summed E-state index contributed by atoms with van der Waals surface area (Å²) < 4.78 is 10.5. The van der Waals surface area contributed by atoms with Gasteiger partial charge in [0.25, 0.3) is 0 Å². The van der Waals surface area contributed by atoms with Crippen molar-refractivity contribution in [2.75, 3.05) is 13.2 Å². The van der Waals surface area contributed by atoms with Crippen molar-refractivity contribution >= 4 is 0 Å². The van der Waals surface area contributed by atoms with Gasteiger partial charge < -0.3 is 19.7 Å². The van der Waals surface area contributed by atoms with Crippen molar-refractivity contribution in [2.24, 2.45) is 0 Å². The fourth-order valence-corrected chi connectivity index (χ4v) is 1.59. The van der Waals surface area contributed by atoms with Crippen LogP contribution < -0.4 is 0 Å². The van der Waals surface area contributed by atoms with Gasteiger partial charge in [-0.25, -0.2) is 4.98 Å². The lowest BCUT2D eigenvalue weighted by atomic mass is 10.3. The van der Waals surface area contributed by atoms with Crippen molar-refractivity contribution < 1.29 is 19.7 Å². The molecule has 2 N–H and O–H groups in total. The van der Waals surface area contributed by atoms with Gasteiger partial charge in [-0.1, -0.05) is 32.8 Å². The lowest BCUT2D eigenvalue weighted by Crippen LogP contribution is -2.11. The van der Waals surface area contributed by atoms with E-state index in [9.17, 15) is 10.2 Å². The number of nitrogens with zero attached hydrogens (tertiary/aromatic N) is 1. The third kappa shape index (κ3) is 5.96. The first-order valence-corrected chi connectivity index (χ1v) is 7.25. The number of hydrogen-bond donors (Lipinski definition) is 2. The zero-order valence-corrected chi connectivity index (χ0v) is 12.3. The molecule has 2 unspecified atom stereocenters. The Morgan fingerprint density at radius 2 is 1.40 bits per heavy atom. The molecule has 5 nitrogen and oxygen atoms in total. The Hall–Kier alpha value is -1.01. The van der Waals surface area contributed by atoms with E-state index >= 15 is 0 Å². The number of aliphatic hydroxyl groups excluding tert-OH is 2. The maximum Gasteiger partial charge on any atom is 0.198 e. The third-order valence-electron chi connectivity index (χ3n) is 2.85. The Labute approximate surface area is 120 Å². The minimum Gasteiger partial charge on any atom is -0.363 e. The average Bonchev–Trinajstić information content (AvgIpc) is 2.47. The van der Waals surface area contributed by atoms with Gasteiger partial charge in [0, 0.05) is 0 Å². The van der Waals surface area contributed by atoms with E-state index in [0.29, 0.717) is 24.6 Å². The van der Waals surface area contributed by atoms with Gasteiger partial charge in [0.15, 0.2) is 12.6 Å². The van der Waals surface area contributed by atoms with E-state index < -0.39 is 12.6 Å². The Kier molecular flexibility index (Phi) is 8.37. The first-order valence-electron chi connectivity index (χ1n) is 7.25. The molecule has 0 aliphatic carbocycles. The van der Waals surface area contributed by atoms with Crippen LogP contribution in [-0.4, -0.2) is 28.4 Å². The minimum atomic E-state index is -1.07. The fourth-order valence-electron chi connectivity index (χ4n) is 1.59. The van der Waals surface area contributed by atoms with Crippen molar-refractivity contribution in [3.8, 4) is 0 Å². The number of rotatable bonds is 10. The van der Waals surface area contributed by atoms with Gasteiger partial charge in [0.2, 0.25) is 0 Å². The van der Waals surface area contributed by atoms with Crippen LogP contribution in [0.5, 0.6) is 0 Å². The molecule has 0 aromatic carbocycles. The van der Waals surface area contributed by atoms with Gasteiger partial charge in [0.1, 0.15) is 0 Å². The second-order valence-electron chi connectivity index (χ2n) is 4.64. The molecule has 0 saturated carbocycles. The van der Waals surface area contributed by atoms with E-state index in [0.717, 1.165) is 25.7 Å². The number of aliphatic hydroxyl groups is 2. The number of ether oxygens (including phenoxy) is 2. The van der Waals surface area contributed by atoms with Crippen LogP contribution >= 0.6 is 0 Å². The molecule has 0 spiro atoms. The lowest BCUT2D eigenvalue weighted by Gasteiger charge is -2.15. The van der Waals surface area contributed by atoms with E-state index in [2.05, 4.69) is 18.8 Å². The molecule has 2 atom stereocenters. The molecule has 0 bridgehead atoms. The van der Waals surface area contributed by atoms with Gasteiger partial charge in [-0.3, -0.25) is 0 Å². The molecule has 0 aliphatic rings. The van der Waals surface area contributed by atoms with Crippen LogP contribution in [0.2, 0.25) is 0 Å². The molecule has 1 aromatic heterocycles. The highest BCUT2D eigenvalue weighted by Gasteiger charge is 2.14. The van der Waals surface area contributed by atoms with Gasteiger partial charge in [-0.15, -0.1) is 0 Å². The molecule has 5 heteroatoms. The van der Waals surface area contributed by atoms with Gasteiger partial charge in [0.05, 0.1) is 24.6 Å². The third-order valence-corrected chi connectivity index (χ3v) is 2.85. The van der Waals surface area contributed by atoms with Crippen LogP contribution in [0.25, 0.3) is 0 Å². The highest BCUT2D eigenvalue weighted by molar-refractivity contribution is 5.12. The van der Waals surface area contributed by atoms with Gasteiger partial charge in [-0.2, -0.15) is 0 Å². The molecular weight excluding hydrogens is 258 g/mol. The smallest absolute Gasteiger partial charge is 0.198 e. The standard InChI is InChI=1S/C15H25NO4/c1-3-5-10-19-14(17)12-8-7-9-13(16-12)15(18)20-11-6-4-2/h7-9,14-15,17-18H,3-6,10-11H2,1-2H3. The molecular formula is C15H25NO4. The van der Waals surface area contributed by atoms with E-state index in [-0.39, 0.29) is 0 Å². The fraction of sp³-hybridized carbons (Fsp3) is 0.667. The van der Waals surface area contributed by atoms with E-state index in [1.807, 2.05) is 0 Å². The highest BCUT2D eigenvalue weighted by atomic mass is 16.6. The predicted molar refractivity (Wildman–Crippen MR) is 75.9 cm³/mol. The predicted octanol–water partition coefficient (Wildman–Crippen LogP) is 2.70. The van der Waals surface area contributed by atoms with E-state index in [1.165, 1.54) is 0 Å². The summed E-state index contributed by atoms with van der Waals surface area (Å²) in [5, 5.41) is 19.7. The van der Waals surface area contributed by atoms with Crippen LogP contribution in [0.15, 0.2) is 18.2 Å². The monoisotopic (exact) mass is 283 g/mol. The summed E-state index contributed by atoms with van der Waals surface area (Å²) in [7, 11) is 0. The van der Waals surface area contributed by atoms with Crippen molar-refractivity contribution in [1.29, 1.82) is 0 Å². The molecule has 0 radical (unpaired) electrons. The van der Waals surface area contributed by atoms with Crippen molar-refractivity contribution in [3.63, 3.8) is 0 Å². The zero-order valence-electron chi connectivity index (χ0n) is 12.3. The molecule has 114 valence electrons. The van der Waals surface area contributed by atoms with Gasteiger partial charge >= 0.3 is 0 Å². The van der Waals surface area contributed by atoms with Crippen LogP contribution in [0.3, 0.4) is 0 Å². The Morgan fingerprint density at radius 1 is 0.950 bits per heavy atom. The zero-order chi connectivity index (χ0) is 14.8. The second kappa shape index (κ2) is 9.83. The first kappa shape index (κ1) is 17.0. The first-order chi connectivity index (χ1) is 9.69. The number of aromatic nitrogens is 1. The summed E-state index contributed by atoms with van der Waals surface area (Å²) in [5.74, 6) is 0. The molecule has 0 aliphatic heterocycles. The lowest BCUT2D eigenvalue weighted by molar-refractivity contribution is -0.113. The Morgan fingerprint density at radius 3 is 1.80 bits per heavy atom. The van der Waals surface area contributed by atoms with Gasteiger partial charge in [-0.05, 0) is 25.0 Å². The topological polar surface area (TPSA) is 71.8 Å². The molecule has 0 saturated heterocycles. The van der Waals surface area contributed by atoms with Crippen LogP contribution in [0, 0.1) is 0 Å². The maximum atomic E-state index is 9.86. The summed E-state index contributed by atoms with van der Waals surface area (Å²) in [4.78, 5) is 4.18. The summed E-state index contributed by atoms with van der Waals surface area (Å²) in [6, 6.07) is 5.05. The Bertz CT molecular complexity index is 341. The maximum absolute atomic E-state index is 9.86. The average molecular weight is 283 g/mol. The van der Waals surface area contributed by atoms with Crippen molar-refractivity contribution in [3.05, 3.63) is 29.6 Å². The normalized spacial score (nSPS) is 14.2. The molecule has 1 rings (SSSR count). The number of hydrogen-bond acceptors (Lipinski definition) is 5. The molecule has 1 heterocycles. The Balaban J connectivity index is 2.55. The van der Waals surface area contributed by atoms with Crippen LogP contribution in [0.4, 0.5) is 0 Å². The van der Waals surface area contributed by atoms with Crippen LogP contribution in [0.1, 0.15) is 63.5 Å². The van der Waals surface area contributed by atoms with E-state index in [1.54, 1.807) is 18.2 Å². The van der Waals surface area contributed by atoms with Crippen molar-refractivity contribution in [2.45, 2.75) is 52.1 Å². The highest BCUT2D eigenvalue weighted by Crippen LogP contribution is 2.17. The SMILES string of the molecule is CCCCOC(O)c1cccc(C(O)OCCCC)n1. The number of pyridine rings is 1. The summed E-state index contributed by atoms with van der Waals surface area (Å²) in [6.07, 6.45) is 1.65. The molecule has 1 aromatic rings. The summed E-state index contributed by atoms with van der Waals surface area (Å²) in [5.41, 5.74) is 0.772. The number of unbranched alkanes of at least 4 members (excludes halogenated alkanes) is 2. The summed E-state index contributed by atoms with van der Waals surface area (Å²) >= 11 is 0. The van der Waals surface area contributed by atoms with Crippen molar-refractivity contribution in [1.82, 2.24) is 4.98 Å². The quantitative estimate of drug-likeness (QED) is 0.510. The molecule has 20 heavy (non-hydrogen) atoms.